The molecule has 2 aromatic rings. The summed E-state index contributed by atoms with van der Waals surface area (Å²) in [5.41, 5.74) is 4.38. The van der Waals surface area contributed by atoms with Gasteiger partial charge in [-0.3, -0.25) is 9.59 Å². The third-order valence-corrected chi connectivity index (χ3v) is 6.50. The van der Waals surface area contributed by atoms with E-state index in [1.165, 1.54) is 17.5 Å². The van der Waals surface area contributed by atoms with E-state index in [4.69, 9.17) is 4.74 Å². The van der Waals surface area contributed by atoms with E-state index in [1.54, 1.807) is 19.2 Å². The van der Waals surface area contributed by atoms with Gasteiger partial charge in [0.05, 0.1) is 31.9 Å². The molecule has 1 aliphatic carbocycles. The van der Waals surface area contributed by atoms with Gasteiger partial charge in [-0.25, -0.2) is 0 Å². The summed E-state index contributed by atoms with van der Waals surface area (Å²) in [7, 11) is -0.0904. The smallest absolute Gasteiger partial charge is 0.475 e. The molecule has 35 heavy (non-hydrogen) atoms. The molecule has 188 valence electrons. The standard InChI is InChI=1S/C27H37BN2O5/c1-18(2)14-25(28(33)34)30-27(32)17-24(21-11-7-12-22(15-21)35-3)29-26(31)16-20-10-6-9-19-8-4-5-13-23(19)20/h6-7,9-12,15,18,24-25,33-34H,4-5,8,13-14,16-17H2,1-3H3,(H,29,31)(H,30,32)/t24?,25-/m0/s1. The fourth-order valence-electron chi connectivity index (χ4n) is 4.77. The van der Waals surface area contributed by atoms with Gasteiger partial charge in [-0.1, -0.05) is 44.2 Å². The van der Waals surface area contributed by atoms with Crippen LogP contribution in [0.25, 0.3) is 0 Å². The van der Waals surface area contributed by atoms with E-state index < -0.39 is 19.1 Å². The number of carbonyl (C=O) groups excluding carboxylic acids is 2. The van der Waals surface area contributed by atoms with Gasteiger partial charge in [-0.2, -0.15) is 0 Å². The van der Waals surface area contributed by atoms with Crippen LogP contribution < -0.4 is 15.4 Å². The van der Waals surface area contributed by atoms with Gasteiger partial charge in [-0.05, 0) is 72.4 Å². The first-order chi connectivity index (χ1) is 16.8. The lowest BCUT2D eigenvalue weighted by molar-refractivity contribution is -0.123. The molecule has 2 atom stereocenters. The molecular weight excluding hydrogens is 443 g/mol. The molecule has 0 radical (unpaired) electrons. The topological polar surface area (TPSA) is 108 Å². The summed E-state index contributed by atoms with van der Waals surface area (Å²) in [6, 6.07) is 12.8. The molecule has 0 saturated heterocycles. The van der Waals surface area contributed by atoms with Crippen molar-refractivity contribution in [2.24, 2.45) is 5.92 Å². The monoisotopic (exact) mass is 480 g/mol. The second kappa shape index (κ2) is 12.7. The molecule has 8 heteroatoms. The molecule has 0 saturated carbocycles. The number of fused-ring (bicyclic) bond motifs is 1. The van der Waals surface area contributed by atoms with Crippen LogP contribution in [0.5, 0.6) is 5.75 Å². The maximum atomic E-state index is 13.1. The van der Waals surface area contributed by atoms with Crippen molar-refractivity contribution in [3.05, 3.63) is 64.7 Å². The number of ether oxygens (including phenoxy) is 1. The summed E-state index contributed by atoms with van der Waals surface area (Å²) in [6.07, 6.45) is 4.98. The van der Waals surface area contributed by atoms with Crippen LogP contribution >= 0.6 is 0 Å². The average molecular weight is 480 g/mol. The van der Waals surface area contributed by atoms with Gasteiger partial charge in [0.1, 0.15) is 5.75 Å². The summed E-state index contributed by atoms with van der Waals surface area (Å²) < 4.78 is 5.33. The Morgan fingerprint density at radius 3 is 2.49 bits per heavy atom. The van der Waals surface area contributed by atoms with Crippen molar-refractivity contribution >= 4 is 18.9 Å². The zero-order valence-corrected chi connectivity index (χ0v) is 20.9. The van der Waals surface area contributed by atoms with E-state index in [0.717, 1.165) is 30.4 Å². The van der Waals surface area contributed by atoms with Crippen LogP contribution in [0.1, 0.15) is 67.8 Å². The number of nitrogens with one attached hydrogen (secondary N) is 2. The van der Waals surface area contributed by atoms with E-state index >= 15 is 0 Å². The Balaban J connectivity index is 1.76. The summed E-state index contributed by atoms with van der Waals surface area (Å²) in [5.74, 6) is -0.505. The van der Waals surface area contributed by atoms with Crippen molar-refractivity contribution in [3.63, 3.8) is 0 Å². The lowest BCUT2D eigenvalue weighted by Gasteiger charge is -2.24. The average Bonchev–Trinajstić information content (AvgIpc) is 2.83. The summed E-state index contributed by atoms with van der Waals surface area (Å²) in [6.45, 7) is 3.90. The first-order valence-electron chi connectivity index (χ1n) is 12.4. The van der Waals surface area contributed by atoms with Gasteiger partial charge in [0.15, 0.2) is 0 Å². The van der Waals surface area contributed by atoms with Gasteiger partial charge < -0.3 is 25.4 Å². The van der Waals surface area contributed by atoms with Gasteiger partial charge in [-0.15, -0.1) is 0 Å². The first kappa shape index (κ1) is 26.8. The second-order valence-corrected chi connectivity index (χ2v) is 9.76. The Bertz CT molecular complexity index is 1010. The van der Waals surface area contributed by atoms with Gasteiger partial charge in [0.25, 0.3) is 0 Å². The Morgan fingerprint density at radius 2 is 1.77 bits per heavy atom. The number of hydrogen-bond donors (Lipinski definition) is 4. The number of hydrogen-bond acceptors (Lipinski definition) is 5. The van der Waals surface area contributed by atoms with Crippen LogP contribution in [0.3, 0.4) is 0 Å². The van der Waals surface area contributed by atoms with Crippen molar-refractivity contribution in [1.29, 1.82) is 0 Å². The molecule has 1 aliphatic rings. The molecule has 0 aliphatic heterocycles. The van der Waals surface area contributed by atoms with Crippen molar-refractivity contribution in [2.45, 2.75) is 70.8 Å². The number of rotatable bonds is 11. The zero-order valence-electron chi connectivity index (χ0n) is 20.9. The highest BCUT2D eigenvalue weighted by atomic mass is 16.5. The lowest BCUT2D eigenvalue weighted by Crippen LogP contribution is -2.48. The Hall–Kier alpha value is -2.84. The van der Waals surface area contributed by atoms with Crippen LogP contribution in [-0.2, 0) is 28.9 Å². The highest BCUT2D eigenvalue weighted by molar-refractivity contribution is 6.43. The maximum Gasteiger partial charge on any atom is 0.475 e. The van der Waals surface area contributed by atoms with Gasteiger partial charge in [0.2, 0.25) is 11.8 Å². The number of benzene rings is 2. The van der Waals surface area contributed by atoms with E-state index in [2.05, 4.69) is 16.7 Å². The van der Waals surface area contributed by atoms with E-state index in [9.17, 15) is 19.6 Å². The highest BCUT2D eigenvalue weighted by Crippen LogP contribution is 2.26. The molecule has 0 bridgehead atoms. The Morgan fingerprint density at radius 1 is 1.03 bits per heavy atom. The van der Waals surface area contributed by atoms with E-state index in [1.807, 2.05) is 38.1 Å². The molecule has 0 aromatic heterocycles. The zero-order chi connectivity index (χ0) is 25.4. The maximum absolute atomic E-state index is 13.1. The van der Waals surface area contributed by atoms with Crippen LogP contribution in [0.15, 0.2) is 42.5 Å². The second-order valence-electron chi connectivity index (χ2n) is 9.76. The fourth-order valence-corrected chi connectivity index (χ4v) is 4.77. The van der Waals surface area contributed by atoms with Crippen molar-refractivity contribution in [1.82, 2.24) is 10.6 Å². The minimum Gasteiger partial charge on any atom is -0.497 e. The molecule has 2 amide bonds. The molecule has 0 fully saturated rings. The summed E-state index contributed by atoms with van der Waals surface area (Å²) in [5, 5.41) is 25.1. The number of amides is 2. The van der Waals surface area contributed by atoms with Crippen molar-refractivity contribution < 1.29 is 24.4 Å². The van der Waals surface area contributed by atoms with Gasteiger partial charge in [0, 0.05) is 0 Å². The van der Waals surface area contributed by atoms with Crippen molar-refractivity contribution in [2.75, 3.05) is 7.11 Å². The molecule has 0 heterocycles. The first-order valence-corrected chi connectivity index (χ1v) is 12.4. The van der Waals surface area contributed by atoms with Crippen LogP contribution in [0.2, 0.25) is 0 Å². The predicted molar refractivity (Wildman–Crippen MR) is 137 cm³/mol. The quantitative estimate of drug-likeness (QED) is 0.370. The highest BCUT2D eigenvalue weighted by Gasteiger charge is 2.28. The molecule has 1 unspecified atom stereocenters. The van der Waals surface area contributed by atoms with Crippen LogP contribution in [0, 0.1) is 5.92 Å². The third-order valence-electron chi connectivity index (χ3n) is 6.50. The summed E-state index contributed by atoms with van der Waals surface area (Å²) in [4.78, 5) is 26.0. The molecule has 0 spiro atoms. The summed E-state index contributed by atoms with van der Waals surface area (Å²) >= 11 is 0. The van der Waals surface area contributed by atoms with Gasteiger partial charge >= 0.3 is 7.12 Å². The van der Waals surface area contributed by atoms with Crippen LogP contribution in [-0.4, -0.2) is 42.0 Å². The van der Waals surface area contributed by atoms with Crippen molar-refractivity contribution in [3.8, 4) is 5.75 Å². The Kier molecular flexibility index (Phi) is 9.75. The third kappa shape index (κ3) is 7.84. The number of carbonyl (C=O) groups is 2. The van der Waals surface area contributed by atoms with E-state index in [-0.39, 0.29) is 30.6 Å². The number of aryl methyl sites for hydroxylation is 1. The predicted octanol–water partition coefficient (Wildman–Crippen LogP) is 2.91. The molecule has 7 nitrogen and oxygen atoms in total. The lowest BCUT2D eigenvalue weighted by atomic mass is 9.75. The molecule has 4 N–H and O–H groups in total. The SMILES string of the molecule is COc1cccc(C(CC(=O)N[C@@H](CC(C)C)B(O)O)NC(=O)Cc2cccc3c2CCCC3)c1. The minimum atomic E-state index is -1.66. The Labute approximate surface area is 208 Å². The number of methoxy groups -OCH3 is 1. The molecule has 3 rings (SSSR count). The van der Waals surface area contributed by atoms with Crippen LogP contribution in [0.4, 0.5) is 0 Å². The largest absolute Gasteiger partial charge is 0.497 e. The molecule has 2 aromatic carbocycles. The minimum absolute atomic E-state index is 0.0346. The fraction of sp³-hybridized carbons (Fsp3) is 0.481. The molecular formula is C27H37BN2O5. The van der Waals surface area contributed by atoms with E-state index in [0.29, 0.717) is 12.2 Å². The normalized spacial score (nSPS) is 14.6.